The van der Waals surface area contributed by atoms with Crippen LogP contribution in [-0.4, -0.2) is 61.1 Å². The van der Waals surface area contributed by atoms with Gasteiger partial charge in [0.05, 0.1) is 13.4 Å². The molecule has 1 saturated heterocycles. The number of nitrogens with zero attached hydrogens (tertiary/aromatic N) is 1. The molecule has 35 heavy (non-hydrogen) atoms. The molecule has 2 aliphatic heterocycles. The fraction of sp³-hybridized carbons (Fsp3) is 0.481. The largest absolute Gasteiger partial charge is 0.493 e. The van der Waals surface area contributed by atoms with Gasteiger partial charge in [0, 0.05) is 36.7 Å². The van der Waals surface area contributed by atoms with Crippen LogP contribution < -0.4 is 9.47 Å². The van der Waals surface area contributed by atoms with Gasteiger partial charge in [-0.15, -0.1) is 0 Å². The molecule has 7 nitrogen and oxygen atoms in total. The molecule has 2 aromatic rings. The summed E-state index contributed by atoms with van der Waals surface area (Å²) in [6, 6.07) is 17.4. The fourth-order valence-corrected chi connectivity index (χ4v) is 7.10. The van der Waals surface area contributed by atoms with E-state index in [1.165, 1.54) is 11.1 Å². The summed E-state index contributed by atoms with van der Waals surface area (Å²) in [6.45, 7) is 2.21. The minimum atomic E-state index is -3.67. The number of methoxy groups -OCH3 is 1. The van der Waals surface area contributed by atoms with Gasteiger partial charge in [-0.25, -0.2) is 0 Å². The van der Waals surface area contributed by atoms with Crippen LogP contribution in [0.25, 0.3) is 0 Å². The van der Waals surface area contributed by atoms with Gasteiger partial charge in [-0.1, -0.05) is 48.5 Å². The van der Waals surface area contributed by atoms with Gasteiger partial charge in [-0.3, -0.25) is 9.45 Å². The van der Waals surface area contributed by atoms with E-state index in [9.17, 15) is 13.5 Å². The average Bonchev–Trinajstić information content (AvgIpc) is 3.12. The van der Waals surface area contributed by atoms with Crippen molar-refractivity contribution in [1.29, 1.82) is 0 Å². The lowest BCUT2D eigenvalue weighted by Crippen LogP contribution is -2.70. The third kappa shape index (κ3) is 3.96. The number of benzene rings is 2. The number of aliphatic hydroxyl groups is 1. The van der Waals surface area contributed by atoms with Crippen LogP contribution in [0.15, 0.2) is 60.7 Å². The molecular weight excluding hydrogens is 466 g/mol. The Morgan fingerprint density at radius 3 is 2.57 bits per heavy atom. The summed E-state index contributed by atoms with van der Waals surface area (Å²) in [5, 5.41) is 10.4. The predicted octanol–water partition coefficient (Wildman–Crippen LogP) is 3.43. The highest BCUT2D eigenvalue weighted by molar-refractivity contribution is 7.85. The van der Waals surface area contributed by atoms with Crippen molar-refractivity contribution in [1.82, 2.24) is 4.90 Å². The van der Waals surface area contributed by atoms with E-state index < -0.39 is 10.1 Å². The molecule has 0 aromatic heterocycles. The SMILES string of the molecule is COc1cccc2c1OC13C=CC4C(C(CO)CC1)C23CCN4Cc1ccccc1.CS(=O)(=O)O. The number of aliphatic hydroxyl groups excluding tert-OH is 1. The first-order chi connectivity index (χ1) is 16.7. The van der Waals surface area contributed by atoms with Crippen molar-refractivity contribution in [3.63, 3.8) is 0 Å². The molecule has 1 saturated carbocycles. The lowest BCUT2D eigenvalue weighted by Gasteiger charge is -2.63. The van der Waals surface area contributed by atoms with Gasteiger partial charge in [0.2, 0.25) is 0 Å². The van der Waals surface area contributed by atoms with Crippen molar-refractivity contribution in [3.8, 4) is 11.5 Å². The van der Waals surface area contributed by atoms with E-state index in [1.807, 2.05) is 6.07 Å². The van der Waals surface area contributed by atoms with E-state index in [0.29, 0.717) is 18.2 Å². The summed E-state index contributed by atoms with van der Waals surface area (Å²) >= 11 is 0. The summed E-state index contributed by atoms with van der Waals surface area (Å²) in [5.74, 6) is 2.37. The van der Waals surface area contributed by atoms with Gasteiger partial charge < -0.3 is 14.6 Å². The zero-order valence-corrected chi connectivity index (χ0v) is 20.9. The minimum Gasteiger partial charge on any atom is -0.493 e. The van der Waals surface area contributed by atoms with Crippen LogP contribution in [0.2, 0.25) is 0 Å². The number of rotatable bonds is 4. The zero-order chi connectivity index (χ0) is 24.8. The van der Waals surface area contributed by atoms with Gasteiger partial charge >= 0.3 is 0 Å². The summed E-state index contributed by atoms with van der Waals surface area (Å²) in [4.78, 5) is 2.61. The van der Waals surface area contributed by atoms with E-state index in [1.54, 1.807) is 7.11 Å². The van der Waals surface area contributed by atoms with E-state index >= 15 is 0 Å². The Kier molecular flexibility index (Phi) is 6.20. The molecule has 2 heterocycles. The Hall–Kier alpha value is -2.39. The molecule has 0 amide bonds. The first kappa shape index (κ1) is 24.3. The molecule has 1 spiro atoms. The topological polar surface area (TPSA) is 96.3 Å². The monoisotopic (exact) mass is 499 g/mol. The van der Waals surface area contributed by atoms with Gasteiger partial charge in [0.25, 0.3) is 10.1 Å². The summed E-state index contributed by atoms with van der Waals surface area (Å²) in [7, 11) is -1.94. The molecule has 6 rings (SSSR count). The summed E-state index contributed by atoms with van der Waals surface area (Å²) in [6.07, 6.45) is 8.45. The number of fused-ring (bicyclic) bond motifs is 1. The Morgan fingerprint density at radius 2 is 1.89 bits per heavy atom. The van der Waals surface area contributed by atoms with Crippen LogP contribution in [0, 0.1) is 11.8 Å². The Balaban J connectivity index is 0.000000464. The van der Waals surface area contributed by atoms with Crippen LogP contribution in [0.4, 0.5) is 0 Å². The van der Waals surface area contributed by atoms with Gasteiger partial charge in [-0.2, -0.15) is 8.42 Å². The van der Waals surface area contributed by atoms with Gasteiger partial charge in [-0.05, 0) is 48.8 Å². The number of hydrogen-bond acceptors (Lipinski definition) is 6. The van der Waals surface area contributed by atoms with Crippen LogP contribution in [-0.2, 0) is 22.1 Å². The molecule has 5 atom stereocenters. The van der Waals surface area contributed by atoms with Crippen LogP contribution >= 0.6 is 0 Å². The molecular formula is C27H33NO6S. The maximum atomic E-state index is 10.4. The maximum Gasteiger partial charge on any atom is 0.261 e. The standard InChI is InChI=1S/C26H29NO3.CH4O3S/c1-29-22-9-5-8-20-24(22)30-25-12-10-19(17-28)23-21(11-13-25)27(15-14-26(20,23)25)16-18-6-3-2-4-7-18;1-5(2,3)4/h2-9,11,13,19,21,23,28H,10,12,14-17H2,1H3;1H3,(H,2,3,4). The van der Waals surface area contributed by atoms with Crippen molar-refractivity contribution in [2.45, 2.75) is 42.9 Å². The Bertz CT molecular complexity index is 1210. The van der Waals surface area contributed by atoms with Crippen molar-refractivity contribution >= 4 is 10.1 Å². The second-order valence-corrected chi connectivity index (χ2v) is 11.6. The predicted molar refractivity (Wildman–Crippen MR) is 133 cm³/mol. The highest BCUT2D eigenvalue weighted by Crippen LogP contribution is 2.68. The second kappa shape index (κ2) is 8.92. The quantitative estimate of drug-likeness (QED) is 0.491. The highest BCUT2D eigenvalue weighted by atomic mass is 32.2. The van der Waals surface area contributed by atoms with Crippen LogP contribution in [0.5, 0.6) is 11.5 Å². The van der Waals surface area contributed by atoms with Crippen molar-refractivity contribution in [2.75, 3.05) is 26.5 Å². The molecule has 188 valence electrons. The molecule has 4 aliphatic rings. The van der Waals surface area contributed by atoms with Gasteiger partial charge in [0.1, 0.15) is 5.60 Å². The third-order valence-electron chi connectivity index (χ3n) is 8.29. The number of piperidine rings is 1. The summed E-state index contributed by atoms with van der Waals surface area (Å²) < 4.78 is 38.4. The second-order valence-electron chi connectivity index (χ2n) is 10.1. The molecule has 2 aromatic carbocycles. The van der Waals surface area contributed by atoms with E-state index in [0.717, 1.165) is 43.9 Å². The normalized spacial score (nSPS) is 32.5. The third-order valence-corrected chi connectivity index (χ3v) is 8.29. The zero-order valence-electron chi connectivity index (χ0n) is 20.1. The lowest BCUT2D eigenvalue weighted by molar-refractivity contribution is -0.117. The molecule has 2 N–H and O–H groups in total. The Morgan fingerprint density at radius 1 is 1.14 bits per heavy atom. The van der Waals surface area contributed by atoms with Crippen molar-refractivity contribution in [3.05, 3.63) is 71.8 Å². The van der Waals surface area contributed by atoms with Crippen LogP contribution in [0.3, 0.4) is 0 Å². The Labute approximate surface area is 207 Å². The smallest absolute Gasteiger partial charge is 0.261 e. The first-order valence-electron chi connectivity index (χ1n) is 12.1. The number of para-hydroxylation sites is 1. The van der Waals surface area contributed by atoms with Gasteiger partial charge in [0.15, 0.2) is 11.5 Å². The molecule has 4 bridgehead atoms. The fourth-order valence-electron chi connectivity index (χ4n) is 7.10. The van der Waals surface area contributed by atoms with E-state index in [4.69, 9.17) is 14.0 Å². The minimum absolute atomic E-state index is 0.0882. The number of hydrogen-bond donors (Lipinski definition) is 2. The van der Waals surface area contributed by atoms with Crippen molar-refractivity contribution < 1.29 is 27.6 Å². The molecule has 2 fully saturated rings. The highest BCUT2D eigenvalue weighted by Gasteiger charge is 2.70. The van der Waals surface area contributed by atoms with E-state index in [2.05, 4.69) is 59.5 Å². The van der Waals surface area contributed by atoms with E-state index in [-0.39, 0.29) is 23.5 Å². The molecule has 5 unspecified atom stereocenters. The maximum absolute atomic E-state index is 10.4. The van der Waals surface area contributed by atoms with Crippen molar-refractivity contribution in [2.24, 2.45) is 11.8 Å². The lowest BCUT2D eigenvalue weighted by atomic mass is 9.46. The molecule has 0 radical (unpaired) electrons. The molecule has 8 heteroatoms. The number of likely N-dealkylation sites (tertiary alicyclic amines) is 1. The molecule has 2 aliphatic carbocycles. The number of ether oxygens (including phenoxy) is 2. The summed E-state index contributed by atoms with van der Waals surface area (Å²) in [5.41, 5.74) is 2.24. The first-order valence-corrected chi connectivity index (χ1v) is 13.9. The van der Waals surface area contributed by atoms with Crippen LogP contribution in [0.1, 0.15) is 30.4 Å². The average molecular weight is 500 g/mol.